The summed E-state index contributed by atoms with van der Waals surface area (Å²) < 4.78 is 35.3. The summed E-state index contributed by atoms with van der Waals surface area (Å²) >= 11 is 6.32. The number of urea groups is 1. The Labute approximate surface area is 255 Å². The van der Waals surface area contributed by atoms with Gasteiger partial charge in [0, 0.05) is 70.9 Å². The molecule has 4 saturated heterocycles. The molecule has 4 aliphatic heterocycles. The molecule has 11 nitrogen and oxygen atoms in total. The van der Waals surface area contributed by atoms with E-state index in [0.29, 0.717) is 55.5 Å². The Morgan fingerprint density at radius 3 is 2.37 bits per heavy atom. The van der Waals surface area contributed by atoms with E-state index >= 15 is 8.78 Å². The number of nitrogens with zero attached hydrogens (tertiary/aromatic N) is 5. The second-order valence-electron chi connectivity index (χ2n) is 12.8. The number of alkyl halides is 2. The summed E-state index contributed by atoms with van der Waals surface area (Å²) in [6, 6.07) is 3.34. The van der Waals surface area contributed by atoms with Gasteiger partial charge in [-0.2, -0.15) is 0 Å². The number of hydrogen-bond donors (Lipinski definition) is 1. The topological polar surface area (TPSA) is 106 Å². The highest BCUT2D eigenvalue weighted by molar-refractivity contribution is 6.34. The fourth-order valence-corrected chi connectivity index (χ4v) is 6.39. The summed E-state index contributed by atoms with van der Waals surface area (Å²) in [5.74, 6) is -3.26. The summed E-state index contributed by atoms with van der Waals surface area (Å²) in [4.78, 5) is 57.7. The highest BCUT2D eigenvalue weighted by Gasteiger charge is 2.51. The van der Waals surface area contributed by atoms with Gasteiger partial charge < -0.3 is 14.5 Å². The molecule has 1 atom stereocenters. The minimum Gasteiger partial charge on any atom is -0.444 e. The summed E-state index contributed by atoms with van der Waals surface area (Å²) in [5, 5.41) is 2.58. The minimum absolute atomic E-state index is 0.150. The first-order valence-electron chi connectivity index (χ1n) is 14.7. The van der Waals surface area contributed by atoms with Crippen molar-refractivity contribution < 1.29 is 32.7 Å². The predicted octanol–water partition coefficient (Wildman–Crippen LogP) is 3.12. The van der Waals surface area contributed by atoms with Crippen LogP contribution in [0, 0.1) is 5.92 Å². The molecule has 4 aliphatic rings. The zero-order chi connectivity index (χ0) is 31.1. The maximum Gasteiger partial charge on any atom is 0.410 e. The summed E-state index contributed by atoms with van der Waals surface area (Å²) in [6.07, 6.45) is -0.350. The molecule has 0 spiro atoms. The number of halogens is 3. The molecule has 4 heterocycles. The number of carbonyl (C=O) groups excluding carboxylic acids is 4. The monoisotopic (exact) mass is 624 g/mol. The Balaban J connectivity index is 1.07. The van der Waals surface area contributed by atoms with Gasteiger partial charge in [0.15, 0.2) is 0 Å². The largest absolute Gasteiger partial charge is 0.444 e. The molecule has 1 aromatic carbocycles. The van der Waals surface area contributed by atoms with Crippen LogP contribution >= 0.6 is 11.6 Å². The van der Waals surface area contributed by atoms with Crippen molar-refractivity contribution in [3.63, 3.8) is 0 Å². The molecule has 0 radical (unpaired) electrons. The van der Waals surface area contributed by atoms with E-state index in [1.54, 1.807) is 43.9 Å². The normalized spacial score (nSPS) is 24.0. The first-order valence-corrected chi connectivity index (χ1v) is 15.1. The lowest BCUT2D eigenvalue weighted by Gasteiger charge is -2.51. The summed E-state index contributed by atoms with van der Waals surface area (Å²) in [6.45, 7) is 9.25. The molecule has 5 rings (SSSR count). The molecule has 5 amide bonds. The Morgan fingerprint density at radius 1 is 1.05 bits per heavy atom. The van der Waals surface area contributed by atoms with Gasteiger partial charge in [-0.05, 0) is 51.3 Å². The Bertz CT molecular complexity index is 1260. The second-order valence-corrected chi connectivity index (χ2v) is 13.2. The molecule has 43 heavy (non-hydrogen) atoms. The van der Waals surface area contributed by atoms with E-state index in [2.05, 4.69) is 10.2 Å². The highest BCUT2D eigenvalue weighted by Crippen LogP contribution is 2.36. The number of anilines is 1. The second kappa shape index (κ2) is 12.2. The zero-order valence-electron chi connectivity index (χ0n) is 24.8. The van der Waals surface area contributed by atoms with Crippen molar-refractivity contribution in [3.8, 4) is 0 Å². The lowest BCUT2D eigenvalue weighted by Crippen LogP contribution is -2.66. The van der Waals surface area contributed by atoms with Crippen LogP contribution in [0.3, 0.4) is 0 Å². The Morgan fingerprint density at radius 2 is 1.74 bits per heavy atom. The first-order chi connectivity index (χ1) is 20.2. The SMILES string of the molecule is CC(C)(C)OC(=O)N1CCC(N2CC(CN3CCN(C(=O)c4ccc(Cl)c(N5CCC(=O)NC5=O)c4)CC3)C2)C(F)(F)C1. The number of imide groups is 1. The number of piperidine rings is 1. The maximum atomic E-state index is 15.0. The Kier molecular flexibility index (Phi) is 8.88. The van der Waals surface area contributed by atoms with Crippen molar-refractivity contribution in [2.45, 2.75) is 51.2 Å². The predicted molar refractivity (Wildman–Crippen MR) is 156 cm³/mol. The molecule has 1 N–H and O–H groups in total. The molecule has 0 aliphatic carbocycles. The lowest BCUT2D eigenvalue weighted by molar-refractivity contribution is -0.148. The van der Waals surface area contributed by atoms with Gasteiger partial charge >= 0.3 is 12.1 Å². The van der Waals surface area contributed by atoms with Crippen LogP contribution in [-0.4, -0.2) is 127 Å². The van der Waals surface area contributed by atoms with Crippen molar-refractivity contribution in [1.29, 1.82) is 0 Å². The highest BCUT2D eigenvalue weighted by atomic mass is 35.5. The van der Waals surface area contributed by atoms with E-state index in [1.165, 1.54) is 4.90 Å². The van der Waals surface area contributed by atoms with Crippen molar-refractivity contribution in [3.05, 3.63) is 28.8 Å². The maximum absolute atomic E-state index is 15.0. The van der Waals surface area contributed by atoms with Gasteiger partial charge in [0.2, 0.25) is 5.91 Å². The number of amides is 5. The van der Waals surface area contributed by atoms with Crippen molar-refractivity contribution >= 4 is 41.2 Å². The van der Waals surface area contributed by atoms with Crippen LogP contribution in [0.25, 0.3) is 0 Å². The van der Waals surface area contributed by atoms with E-state index in [0.717, 1.165) is 11.4 Å². The zero-order valence-corrected chi connectivity index (χ0v) is 25.5. The molecule has 0 aromatic heterocycles. The van der Waals surface area contributed by atoms with Gasteiger partial charge in [-0.25, -0.2) is 18.4 Å². The number of carbonyl (C=O) groups is 4. The smallest absolute Gasteiger partial charge is 0.410 e. The van der Waals surface area contributed by atoms with Crippen LogP contribution in [0.4, 0.5) is 24.1 Å². The number of benzene rings is 1. The van der Waals surface area contributed by atoms with Crippen molar-refractivity contribution in [1.82, 2.24) is 24.9 Å². The molecule has 0 saturated carbocycles. The molecule has 4 fully saturated rings. The average molecular weight is 625 g/mol. The van der Waals surface area contributed by atoms with Gasteiger partial charge in [0.05, 0.1) is 23.3 Å². The van der Waals surface area contributed by atoms with Gasteiger partial charge in [-0.3, -0.25) is 29.6 Å². The average Bonchev–Trinajstić information content (AvgIpc) is 2.90. The fourth-order valence-electron chi connectivity index (χ4n) is 6.17. The summed E-state index contributed by atoms with van der Waals surface area (Å²) in [7, 11) is 0. The number of piperazine rings is 1. The molecular formula is C29H39ClF2N6O5. The lowest BCUT2D eigenvalue weighted by atomic mass is 9.90. The van der Waals surface area contributed by atoms with Crippen molar-refractivity contribution in [2.24, 2.45) is 5.92 Å². The van der Waals surface area contributed by atoms with Crippen LogP contribution in [0.1, 0.15) is 44.0 Å². The van der Waals surface area contributed by atoms with Gasteiger partial charge in [-0.15, -0.1) is 0 Å². The van der Waals surface area contributed by atoms with Crippen LogP contribution in [0.2, 0.25) is 5.02 Å². The summed E-state index contributed by atoms with van der Waals surface area (Å²) in [5.41, 5.74) is 0.0554. The first kappa shape index (κ1) is 31.4. The number of likely N-dealkylation sites (tertiary alicyclic amines) is 2. The number of rotatable bonds is 5. The van der Waals surface area contributed by atoms with Crippen LogP contribution in [0.5, 0.6) is 0 Å². The third-order valence-corrected chi connectivity index (χ3v) is 8.67. The quantitative estimate of drug-likeness (QED) is 0.537. The standard InChI is InChI=1S/C29H39ClF2N6O5/c1-28(2,3)43-27(42)36-8-6-23(29(31,32)18-36)37-16-19(17-37)15-34-10-12-35(13-11-34)25(40)20-4-5-21(30)22(14-20)38-9-7-24(39)33-26(38)41/h4-5,14,19,23H,6-13,15-18H2,1-3H3,(H,33,39,41). The van der Waals surface area contributed by atoms with E-state index in [1.807, 2.05) is 4.90 Å². The molecule has 1 unspecified atom stereocenters. The number of hydrogen-bond acceptors (Lipinski definition) is 7. The van der Waals surface area contributed by atoms with E-state index in [-0.39, 0.29) is 43.7 Å². The molecule has 0 bridgehead atoms. The van der Waals surface area contributed by atoms with Gasteiger partial charge in [-0.1, -0.05) is 11.6 Å². The van der Waals surface area contributed by atoms with Crippen LogP contribution in [0.15, 0.2) is 18.2 Å². The third-order valence-electron chi connectivity index (χ3n) is 8.35. The van der Waals surface area contributed by atoms with E-state index in [4.69, 9.17) is 16.3 Å². The van der Waals surface area contributed by atoms with E-state index in [9.17, 15) is 19.2 Å². The van der Waals surface area contributed by atoms with Crippen molar-refractivity contribution in [2.75, 3.05) is 70.3 Å². The molecule has 14 heteroatoms. The van der Waals surface area contributed by atoms with Gasteiger partial charge in [0.25, 0.3) is 11.8 Å². The molecular weight excluding hydrogens is 586 g/mol. The van der Waals surface area contributed by atoms with Gasteiger partial charge in [0.1, 0.15) is 5.60 Å². The van der Waals surface area contributed by atoms with Crippen LogP contribution < -0.4 is 10.2 Å². The number of nitrogens with one attached hydrogen (secondary N) is 1. The molecule has 1 aromatic rings. The molecule has 236 valence electrons. The minimum atomic E-state index is -3.01. The third kappa shape index (κ3) is 7.21. The Hall–Kier alpha value is -3.03. The fraction of sp³-hybridized carbons (Fsp3) is 0.655. The van der Waals surface area contributed by atoms with E-state index < -0.39 is 36.2 Å². The number of ether oxygens (including phenoxy) is 1. The van der Waals surface area contributed by atoms with Crippen LogP contribution in [-0.2, 0) is 9.53 Å².